The number of aromatic nitrogens is 2. The molecule has 0 aliphatic carbocycles. The summed E-state index contributed by atoms with van der Waals surface area (Å²) in [5.41, 5.74) is 6.25. The van der Waals surface area contributed by atoms with Gasteiger partial charge in [-0.1, -0.05) is 0 Å². The molecule has 1 aromatic carbocycles. The van der Waals surface area contributed by atoms with Gasteiger partial charge in [-0.05, 0) is 30.3 Å². The zero-order valence-corrected chi connectivity index (χ0v) is 18.0. The summed E-state index contributed by atoms with van der Waals surface area (Å²) in [4.78, 5) is 40.4. The minimum absolute atomic E-state index is 0.0812. The summed E-state index contributed by atoms with van der Waals surface area (Å²) in [6, 6.07) is 6.15. The molecule has 1 atom stereocenters. The van der Waals surface area contributed by atoms with Gasteiger partial charge in [-0.25, -0.2) is 4.79 Å². The maximum absolute atomic E-state index is 12.8. The van der Waals surface area contributed by atoms with E-state index in [9.17, 15) is 27.6 Å². The van der Waals surface area contributed by atoms with Gasteiger partial charge in [0.1, 0.15) is 11.5 Å². The first-order chi connectivity index (χ1) is 16.1. The molecule has 0 radical (unpaired) electrons. The molecule has 4 N–H and O–H groups in total. The van der Waals surface area contributed by atoms with Gasteiger partial charge in [0.2, 0.25) is 0 Å². The Morgan fingerprint density at radius 2 is 1.94 bits per heavy atom. The molecule has 34 heavy (non-hydrogen) atoms. The molecule has 1 aliphatic heterocycles. The number of hydrogen-bond donors (Lipinski definition) is 3. The fourth-order valence-electron chi connectivity index (χ4n) is 3.15. The first-order valence-corrected chi connectivity index (χ1v) is 10.0. The fraction of sp³-hybridized carbons (Fsp3) is 0.350. The van der Waals surface area contributed by atoms with Crippen molar-refractivity contribution >= 4 is 29.4 Å². The van der Waals surface area contributed by atoms with Gasteiger partial charge in [0.25, 0.3) is 5.91 Å². The van der Waals surface area contributed by atoms with Gasteiger partial charge in [0.15, 0.2) is 0 Å². The van der Waals surface area contributed by atoms with Crippen molar-refractivity contribution in [2.75, 3.05) is 31.6 Å². The quantitative estimate of drug-likeness (QED) is 0.427. The van der Waals surface area contributed by atoms with Gasteiger partial charge < -0.3 is 26.0 Å². The molecule has 2 heterocycles. The molecule has 182 valence electrons. The Bertz CT molecular complexity index is 1080. The van der Waals surface area contributed by atoms with Crippen LogP contribution in [0, 0.1) is 0 Å². The number of ether oxygens (including phenoxy) is 1. The molecule has 3 rings (SSSR count). The van der Waals surface area contributed by atoms with Crippen molar-refractivity contribution in [1.29, 1.82) is 0 Å². The fourth-order valence-corrected chi connectivity index (χ4v) is 3.15. The molecule has 1 aromatic heterocycles. The zero-order valence-electron chi connectivity index (χ0n) is 18.0. The van der Waals surface area contributed by atoms with Crippen LogP contribution in [0.15, 0.2) is 41.5 Å². The number of halogens is 3. The van der Waals surface area contributed by atoms with Crippen molar-refractivity contribution in [3.05, 3.63) is 47.8 Å². The normalized spacial score (nSPS) is 16.8. The van der Waals surface area contributed by atoms with E-state index in [4.69, 9.17) is 10.5 Å². The van der Waals surface area contributed by atoms with Crippen LogP contribution >= 0.6 is 0 Å². The summed E-state index contributed by atoms with van der Waals surface area (Å²) in [5.74, 6) is -3.25. The summed E-state index contributed by atoms with van der Waals surface area (Å²) in [5, 5.41) is 9.37. The second-order valence-electron chi connectivity index (χ2n) is 7.28. The van der Waals surface area contributed by atoms with Crippen LogP contribution < -0.4 is 16.4 Å². The van der Waals surface area contributed by atoms with Crippen LogP contribution in [0.1, 0.15) is 16.1 Å². The topological polar surface area (TPSA) is 144 Å². The number of amides is 4. The lowest BCUT2D eigenvalue weighted by atomic mass is 10.2. The lowest BCUT2D eigenvalue weighted by molar-refractivity contribution is -0.169. The van der Waals surface area contributed by atoms with Crippen LogP contribution in [0.2, 0.25) is 0 Å². The summed E-state index contributed by atoms with van der Waals surface area (Å²) < 4.78 is 43.8. The van der Waals surface area contributed by atoms with Gasteiger partial charge in [-0.15, -0.1) is 0 Å². The Labute approximate surface area is 191 Å². The van der Waals surface area contributed by atoms with Crippen molar-refractivity contribution in [3.8, 4) is 0 Å². The number of amidine groups is 1. The van der Waals surface area contributed by atoms with Crippen molar-refractivity contribution in [2.24, 2.45) is 17.8 Å². The molecule has 14 heteroatoms. The van der Waals surface area contributed by atoms with Gasteiger partial charge in [0, 0.05) is 37.6 Å². The minimum atomic E-state index is -5.12. The summed E-state index contributed by atoms with van der Waals surface area (Å²) in [7, 11) is 1.64. The van der Waals surface area contributed by atoms with E-state index in [0.29, 0.717) is 18.0 Å². The first-order valence-electron chi connectivity index (χ1n) is 10.0. The first kappa shape index (κ1) is 24.7. The van der Waals surface area contributed by atoms with Crippen molar-refractivity contribution in [1.82, 2.24) is 20.0 Å². The Balaban J connectivity index is 1.60. The average Bonchev–Trinajstić information content (AvgIpc) is 3.23. The van der Waals surface area contributed by atoms with Crippen molar-refractivity contribution < 1.29 is 32.3 Å². The highest BCUT2D eigenvalue weighted by Crippen LogP contribution is 2.18. The molecule has 4 amide bonds. The maximum Gasteiger partial charge on any atom is 0.473 e. The minimum Gasteiger partial charge on any atom is -0.383 e. The Hall–Kier alpha value is -3.94. The molecule has 1 aliphatic rings. The number of anilines is 1. The second-order valence-corrected chi connectivity index (χ2v) is 7.28. The highest BCUT2D eigenvalue weighted by atomic mass is 19.4. The number of carbonyl (C=O) groups is 3. The van der Waals surface area contributed by atoms with E-state index in [0.717, 1.165) is 0 Å². The van der Waals surface area contributed by atoms with Crippen LogP contribution in [-0.2, 0) is 16.6 Å². The monoisotopic (exact) mass is 481 g/mol. The Kier molecular flexibility index (Phi) is 7.50. The summed E-state index contributed by atoms with van der Waals surface area (Å²) in [6.45, 7) is 0.975. The lowest BCUT2D eigenvalue weighted by Gasteiger charge is -2.35. The van der Waals surface area contributed by atoms with Gasteiger partial charge in [-0.2, -0.15) is 23.3 Å². The van der Waals surface area contributed by atoms with E-state index in [2.05, 4.69) is 20.7 Å². The number of alkyl halides is 3. The molecule has 1 fully saturated rings. The number of nitrogens with zero attached hydrogens (tertiary/aromatic N) is 4. The predicted octanol–water partition coefficient (Wildman–Crippen LogP) is 0.877. The molecule has 1 saturated heterocycles. The third kappa shape index (κ3) is 6.10. The smallest absolute Gasteiger partial charge is 0.383 e. The van der Waals surface area contributed by atoms with E-state index in [1.54, 1.807) is 13.1 Å². The van der Waals surface area contributed by atoms with E-state index >= 15 is 0 Å². The van der Waals surface area contributed by atoms with E-state index < -0.39 is 30.0 Å². The number of nitrogens with one attached hydrogen (secondary N) is 2. The molecule has 0 bridgehead atoms. The van der Waals surface area contributed by atoms with E-state index in [1.165, 1.54) is 40.0 Å². The van der Waals surface area contributed by atoms with E-state index in [1.807, 2.05) is 0 Å². The van der Waals surface area contributed by atoms with E-state index in [-0.39, 0.29) is 31.2 Å². The molecule has 0 spiro atoms. The molecular weight excluding hydrogens is 459 g/mol. The molecular formula is C20H22F3N7O4. The van der Waals surface area contributed by atoms with Crippen LogP contribution in [0.5, 0.6) is 0 Å². The van der Waals surface area contributed by atoms with Crippen LogP contribution in [0.25, 0.3) is 0 Å². The Morgan fingerprint density at radius 1 is 1.24 bits per heavy atom. The van der Waals surface area contributed by atoms with Crippen LogP contribution in [-0.4, -0.2) is 76.9 Å². The van der Waals surface area contributed by atoms with Crippen LogP contribution in [0.4, 0.5) is 23.7 Å². The van der Waals surface area contributed by atoms with Gasteiger partial charge in [0.05, 0.1) is 19.3 Å². The molecule has 2 aromatic rings. The van der Waals surface area contributed by atoms with Crippen molar-refractivity contribution in [2.45, 2.75) is 12.2 Å². The predicted molar refractivity (Wildman–Crippen MR) is 114 cm³/mol. The third-order valence-corrected chi connectivity index (χ3v) is 4.94. The third-order valence-electron chi connectivity index (χ3n) is 4.94. The highest BCUT2D eigenvalue weighted by Gasteiger charge is 2.38. The maximum atomic E-state index is 12.8. The largest absolute Gasteiger partial charge is 0.473 e. The number of morpholine rings is 1. The Morgan fingerprint density at radius 3 is 2.56 bits per heavy atom. The standard InChI is InChI=1S/C20H22F3N7O4/c1-29-15(6-7-26-29)17(31)25-10-14-11-34-9-8-30(14)19(33)27-13-4-2-12(3-5-13)16(24)28-18(32)20(21,22)23/h2-7,14H,8-11H2,1H3,(H,25,31)(H,27,33)(H2,24,28,32). The zero-order chi connectivity index (χ0) is 24.9. The van der Waals surface area contributed by atoms with Gasteiger partial charge >= 0.3 is 18.1 Å². The number of hydrogen-bond acceptors (Lipinski definition) is 5. The number of nitrogens with two attached hydrogens (primary N) is 1. The molecule has 0 saturated carbocycles. The molecule has 1 unspecified atom stereocenters. The number of urea groups is 1. The lowest BCUT2D eigenvalue weighted by Crippen LogP contribution is -2.54. The molecule has 11 nitrogen and oxygen atoms in total. The van der Waals surface area contributed by atoms with Crippen LogP contribution in [0.3, 0.4) is 0 Å². The second kappa shape index (κ2) is 10.3. The average molecular weight is 481 g/mol. The van der Waals surface area contributed by atoms with Gasteiger partial charge in [-0.3, -0.25) is 14.3 Å². The summed E-state index contributed by atoms with van der Waals surface area (Å²) in [6.07, 6.45) is -3.62. The van der Waals surface area contributed by atoms with Crippen molar-refractivity contribution in [3.63, 3.8) is 0 Å². The number of benzene rings is 1. The summed E-state index contributed by atoms with van der Waals surface area (Å²) >= 11 is 0. The number of aliphatic imine (C=N–C) groups is 1. The SMILES string of the molecule is Cn1nccc1C(=O)NCC1COCCN1C(=O)Nc1ccc(C(N)=NC(=O)C(F)(F)F)cc1. The number of aryl methyl sites for hydroxylation is 1. The number of carbonyl (C=O) groups excluding carboxylic acids is 3. The number of rotatable bonds is 5. The highest BCUT2D eigenvalue weighted by molar-refractivity contribution is 6.05.